The van der Waals surface area contributed by atoms with Crippen LogP contribution in [0.4, 0.5) is 5.69 Å². The van der Waals surface area contributed by atoms with Crippen LogP contribution in [0.25, 0.3) is 0 Å². The Hall–Kier alpha value is -3.22. The number of fused-ring (bicyclic) bond motifs is 1. The lowest BCUT2D eigenvalue weighted by Gasteiger charge is -2.19. The second-order valence-corrected chi connectivity index (χ2v) is 8.54. The molecule has 0 unspecified atom stereocenters. The van der Waals surface area contributed by atoms with E-state index in [0.717, 1.165) is 23.2 Å². The molecule has 1 aliphatic heterocycles. The van der Waals surface area contributed by atoms with Crippen molar-refractivity contribution in [1.29, 1.82) is 0 Å². The Bertz CT molecular complexity index is 937. The number of amides is 1. The summed E-state index contributed by atoms with van der Waals surface area (Å²) in [6.45, 7) is 3.82. The lowest BCUT2D eigenvalue weighted by Crippen LogP contribution is -2.31. The van der Waals surface area contributed by atoms with Crippen molar-refractivity contribution in [2.45, 2.75) is 32.4 Å². The number of carbonyl (C=O) groups excluding carboxylic acids is 2. The maximum absolute atomic E-state index is 12.3. The van der Waals surface area contributed by atoms with E-state index in [0.29, 0.717) is 18.0 Å². The second-order valence-electron chi connectivity index (χ2n) is 8.54. The molecule has 31 heavy (non-hydrogen) atoms. The number of anilines is 1. The first-order chi connectivity index (χ1) is 14.6. The molecule has 7 heteroatoms. The minimum Gasteiger partial charge on any atom is -0.483 e. The van der Waals surface area contributed by atoms with Crippen LogP contribution >= 0.6 is 0 Å². The summed E-state index contributed by atoms with van der Waals surface area (Å²) in [7, 11) is 5.63. The zero-order chi connectivity index (χ0) is 22.6. The number of rotatable bonds is 8. The largest absolute Gasteiger partial charge is 0.483 e. The van der Waals surface area contributed by atoms with Crippen molar-refractivity contribution in [2.24, 2.45) is 0 Å². The first-order valence-corrected chi connectivity index (χ1v) is 10.2. The lowest BCUT2D eigenvalue weighted by molar-refractivity contribution is -0.153. The molecule has 1 heterocycles. The van der Waals surface area contributed by atoms with Gasteiger partial charge in [-0.25, -0.2) is 4.79 Å². The summed E-state index contributed by atoms with van der Waals surface area (Å²) in [6.07, 6.45) is 0.780. The van der Waals surface area contributed by atoms with Crippen LogP contribution in [0.5, 0.6) is 11.5 Å². The molecule has 0 saturated heterocycles. The molecule has 0 saturated carbocycles. The van der Waals surface area contributed by atoms with E-state index in [4.69, 9.17) is 14.2 Å². The maximum Gasteiger partial charge on any atom is 0.344 e. The molecule has 1 amide bonds. The van der Waals surface area contributed by atoms with Crippen LogP contribution in [0.2, 0.25) is 0 Å². The number of likely N-dealkylation sites (N-methyl/N-ethyl adjacent to an activating group) is 1. The Morgan fingerprint density at radius 3 is 2.42 bits per heavy atom. The highest BCUT2D eigenvalue weighted by Crippen LogP contribution is 2.41. The van der Waals surface area contributed by atoms with Gasteiger partial charge < -0.3 is 24.0 Å². The van der Waals surface area contributed by atoms with E-state index in [1.54, 1.807) is 13.1 Å². The number of esters is 1. The maximum atomic E-state index is 12.3. The van der Waals surface area contributed by atoms with E-state index >= 15 is 0 Å². The number of benzene rings is 2. The number of ether oxygens (including phenoxy) is 3. The van der Waals surface area contributed by atoms with Gasteiger partial charge >= 0.3 is 5.97 Å². The fourth-order valence-corrected chi connectivity index (χ4v) is 3.39. The minimum absolute atomic E-state index is 0.282. The molecule has 0 fully saturated rings. The summed E-state index contributed by atoms with van der Waals surface area (Å²) in [4.78, 5) is 27.9. The molecule has 166 valence electrons. The van der Waals surface area contributed by atoms with Crippen LogP contribution in [0, 0.1) is 0 Å². The molecule has 0 spiro atoms. The first-order valence-electron chi connectivity index (χ1n) is 10.2. The smallest absolute Gasteiger partial charge is 0.344 e. The van der Waals surface area contributed by atoms with Crippen molar-refractivity contribution in [3.05, 3.63) is 53.6 Å². The molecule has 0 bridgehead atoms. The Labute approximate surface area is 183 Å². The van der Waals surface area contributed by atoms with Crippen LogP contribution < -0.4 is 14.4 Å². The van der Waals surface area contributed by atoms with E-state index in [1.165, 1.54) is 4.90 Å². The van der Waals surface area contributed by atoms with E-state index in [9.17, 15) is 9.59 Å². The summed E-state index contributed by atoms with van der Waals surface area (Å²) < 4.78 is 16.6. The van der Waals surface area contributed by atoms with Gasteiger partial charge in [-0.2, -0.15) is 0 Å². The normalized spacial score (nSPS) is 13.7. The summed E-state index contributed by atoms with van der Waals surface area (Å²) in [5, 5.41) is 0. The molecule has 7 nitrogen and oxygen atoms in total. The molecule has 3 rings (SSSR count). The first kappa shape index (κ1) is 22.5. The molecular weight excluding hydrogens is 396 g/mol. The van der Waals surface area contributed by atoms with E-state index in [1.807, 2.05) is 69.2 Å². The third-order valence-electron chi connectivity index (χ3n) is 5.06. The van der Waals surface area contributed by atoms with Crippen molar-refractivity contribution in [2.75, 3.05) is 39.3 Å². The van der Waals surface area contributed by atoms with Crippen LogP contribution in [0.3, 0.4) is 0 Å². The Morgan fingerprint density at radius 1 is 1.03 bits per heavy atom. The predicted molar refractivity (Wildman–Crippen MR) is 119 cm³/mol. The lowest BCUT2D eigenvalue weighted by atomic mass is 10.0. The third kappa shape index (κ3) is 5.90. The number of carbonyl (C=O) groups is 2. The third-order valence-corrected chi connectivity index (χ3v) is 5.06. The molecule has 0 radical (unpaired) electrons. The molecule has 1 aliphatic rings. The molecule has 0 aromatic heterocycles. The fourth-order valence-electron chi connectivity index (χ4n) is 3.39. The number of hydrogen-bond acceptors (Lipinski definition) is 6. The molecule has 0 aliphatic carbocycles. The van der Waals surface area contributed by atoms with Gasteiger partial charge in [0, 0.05) is 45.4 Å². The van der Waals surface area contributed by atoms with Crippen LogP contribution in [0.1, 0.15) is 25.0 Å². The number of nitrogens with zero attached hydrogens (tertiary/aromatic N) is 2. The van der Waals surface area contributed by atoms with Gasteiger partial charge in [0.15, 0.2) is 24.7 Å². The van der Waals surface area contributed by atoms with Crippen LogP contribution in [-0.4, -0.2) is 56.7 Å². The monoisotopic (exact) mass is 426 g/mol. The van der Waals surface area contributed by atoms with Gasteiger partial charge in [0.05, 0.1) is 0 Å². The molecule has 0 N–H and O–H groups in total. The summed E-state index contributed by atoms with van der Waals surface area (Å²) in [6, 6.07) is 13.5. The molecule has 2 aromatic rings. The Balaban J connectivity index is 1.44. The van der Waals surface area contributed by atoms with E-state index < -0.39 is 5.97 Å². The van der Waals surface area contributed by atoms with E-state index in [-0.39, 0.29) is 24.7 Å². The molecule has 0 atom stereocenters. The quantitative estimate of drug-likeness (QED) is 0.605. The van der Waals surface area contributed by atoms with Crippen molar-refractivity contribution in [3.63, 3.8) is 0 Å². The highest BCUT2D eigenvalue weighted by atomic mass is 16.6. The second kappa shape index (κ2) is 9.29. The Kier molecular flexibility index (Phi) is 6.73. The zero-order valence-corrected chi connectivity index (χ0v) is 18.8. The highest BCUT2D eigenvalue weighted by molar-refractivity contribution is 5.81. The predicted octanol–water partition coefficient (Wildman–Crippen LogP) is 3.05. The standard InChI is InChI=1S/C24H30N2O5/c1-24(2)13-18-7-6-8-20(23(18)31-24)29-16-22(28)30-15-21(27)26(5)14-17-9-11-19(12-10-17)25(3)4/h6-12H,13-16H2,1-5H3. The van der Waals surface area contributed by atoms with Gasteiger partial charge in [0.25, 0.3) is 5.91 Å². The van der Waals surface area contributed by atoms with Crippen LogP contribution in [0.15, 0.2) is 42.5 Å². The van der Waals surface area contributed by atoms with Crippen molar-refractivity contribution in [3.8, 4) is 11.5 Å². The van der Waals surface area contributed by atoms with E-state index in [2.05, 4.69) is 0 Å². The summed E-state index contributed by atoms with van der Waals surface area (Å²) in [5.41, 5.74) is 2.83. The fraction of sp³-hybridized carbons (Fsp3) is 0.417. The highest BCUT2D eigenvalue weighted by Gasteiger charge is 2.32. The summed E-state index contributed by atoms with van der Waals surface area (Å²) in [5.74, 6) is 0.281. The van der Waals surface area contributed by atoms with Gasteiger partial charge in [0.1, 0.15) is 5.60 Å². The molecular formula is C24H30N2O5. The number of para-hydroxylation sites is 1. The Morgan fingerprint density at radius 2 is 1.74 bits per heavy atom. The molecule has 2 aromatic carbocycles. The van der Waals surface area contributed by atoms with Gasteiger partial charge in [-0.1, -0.05) is 24.3 Å². The van der Waals surface area contributed by atoms with Crippen LogP contribution in [-0.2, 0) is 27.3 Å². The van der Waals surface area contributed by atoms with Gasteiger partial charge in [-0.3, -0.25) is 4.79 Å². The topological polar surface area (TPSA) is 68.3 Å². The average molecular weight is 427 g/mol. The van der Waals surface area contributed by atoms with Crippen molar-refractivity contribution >= 4 is 17.6 Å². The van der Waals surface area contributed by atoms with Gasteiger partial charge in [-0.15, -0.1) is 0 Å². The van der Waals surface area contributed by atoms with Crippen molar-refractivity contribution < 1.29 is 23.8 Å². The summed E-state index contributed by atoms with van der Waals surface area (Å²) >= 11 is 0. The van der Waals surface area contributed by atoms with Crippen molar-refractivity contribution in [1.82, 2.24) is 4.90 Å². The zero-order valence-electron chi connectivity index (χ0n) is 18.8. The van der Waals surface area contributed by atoms with Gasteiger partial charge in [0.2, 0.25) is 0 Å². The SMILES string of the molecule is CN(Cc1ccc(N(C)C)cc1)C(=O)COC(=O)COc1cccc2c1OC(C)(C)C2. The number of hydrogen-bond donors (Lipinski definition) is 0. The average Bonchev–Trinajstić information content (AvgIpc) is 3.05. The minimum atomic E-state index is -0.605. The van der Waals surface area contributed by atoms with Gasteiger partial charge in [-0.05, 0) is 37.6 Å².